The fraction of sp³-hybridized carbons (Fsp3) is 0.400. The summed E-state index contributed by atoms with van der Waals surface area (Å²) in [7, 11) is 0. The quantitative estimate of drug-likeness (QED) is 0.387. The fourth-order valence-corrected chi connectivity index (χ4v) is 1.42. The number of carbonyl (C=O) groups excluding carboxylic acids is 1. The van der Waals surface area contributed by atoms with E-state index in [0.717, 1.165) is 6.07 Å². The molecule has 0 fully saturated rings. The second kappa shape index (κ2) is 6.50. The van der Waals surface area contributed by atoms with Crippen molar-refractivity contribution in [1.82, 2.24) is 15.3 Å². The van der Waals surface area contributed by atoms with Crippen LogP contribution in [0.15, 0.2) is 15.7 Å². The van der Waals surface area contributed by atoms with Gasteiger partial charge >= 0.3 is 11.7 Å². The van der Waals surface area contributed by atoms with Crippen LogP contribution >= 0.6 is 0 Å². The molecule has 0 aliphatic rings. The number of amides is 1. The topological polar surface area (TPSA) is 152 Å². The maximum atomic E-state index is 11.5. The van der Waals surface area contributed by atoms with Crippen molar-refractivity contribution in [3.63, 3.8) is 0 Å². The molecule has 0 aliphatic carbocycles. The van der Waals surface area contributed by atoms with Crippen LogP contribution in [0.5, 0.6) is 0 Å². The number of H-pyrrole nitrogens is 2. The summed E-state index contributed by atoms with van der Waals surface area (Å²) < 4.78 is 0. The molecule has 1 amide bonds. The maximum Gasteiger partial charge on any atom is 0.326 e. The third-order valence-corrected chi connectivity index (χ3v) is 2.22. The zero-order valence-corrected chi connectivity index (χ0v) is 9.80. The van der Waals surface area contributed by atoms with E-state index in [2.05, 4.69) is 10.3 Å². The highest BCUT2D eigenvalue weighted by Crippen LogP contribution is 1.94. The first-order valence-electron chi connectivity index (χ1n) is 5.38. The fourth-order valence-electron chi connectivity index (χ4n) is 1.42. The van der Waals surface area contributed by atoms with E-state index in [9.17, 15) is 19.2 Å². The lowest BCUT2D eigenvalue weighted by Crippen LogP contribution is -2.42. The molecule has 0 radical (unpaired) electrons. The summed E-state index contributed by atoms with van der Waals surface area (Å²) in [5, 5.41) is 19.6. The zero-order valence-electron chi connectivity index (χ0n) is 9.80. The molecule has 0 spiro atoms. The standard InChI is InChI=1S/C10H13N3O6/c14-2-1-6(9(17)18)12-7(15)3-5-4-8(16)13-10(19)11-5/h4,6,14H,1-3H2,(H,12,15)(H,17,18)(H2,11,13,16,19)/t6-/m0/s1. The molecule has 0 bridgehead atoms. The molecule has 1 atom stereocenters. The molecule has 9 nitrogen and oxygen atoms in total. The number of rotatable bonds is 6. The number of nitrogens with one attached hydrogen (secondary N) is 3. The van der Waals surface area contributed by atoms with Gasteiger partial charge in [0.05, 0.1) is 6.42 Å². The zero-order chi connectivity index (χ0) is 14.4. The van der Waals surface area contributed by atoms with E-state index < -0.39 is 29.2 Å². The van der Waals surface area contributed by atoms with Crippen LogP contribution in [0.3, 0.4) is 0 Å². The lowest BCUT2D eigenvalue weighted by molar-refractivity contribution is -0.142. The Balaban J connectivity index is 2.71. The van der Waals surface area contributed by atoms with Gasteiger partial charge < -0.3 is 20.5 Å². The Labute approximate surface area is 106 Å². The van der Waals surface area contributed by atoms with Gasteiger partial charge in [-0.2, -0.15) is 0 Å². The number of aromatic nitrogens is 2. The Bertz CT molecular complexity index is 547. The Morgan fingerprint density at radius 1 is 1.32 bits per heavy atom. The average Bonchev–Trinajstić information content (AvgIpc) is 2.26. The number of hydrogen-bond donors (Lipinski definition) is 5. The normalized spacial score (nSPS) is 11.8. The summed E-state index contributed by atoms with van der Waals surface area (Å²) in [5.41, 5.74) is -1.34. The van der Waals surface area contributed by atoms with E-state index in [1.54, 1.807) is 0 Å². The number of carboxylic acid groups (broad SMARTS) is 1. The van der Waals surface area contributed by atoms with Crippen LogP contribution < -0.4 is 16.6 Å². The summed E-state index contributed by atoms with van der Waals surface area (Å²) in [6.45, 7) is -0.390. The predicted molar refractivity (Wildman–Crippen MR) is 62.7 cm³/mol. The number of carboxylic acids is 1. The number of aromatic amines is 2. The second-order valence-corrected chi connectivity index (χ2v) is 3.76. The van der Waals surface area contributed by atoms with Gasteiger partial charge in [-0.25, -0.2) is 9.59 Å². The summed E-state index contributed by atoms with van der Waals surface area (Å²) >= 11 is 0. The molecule has 0 saturated carbocycles. The molecule has 1 heterocycles. The van der Waals surface area contributed by atoms with Crippen LogP contribution in [0.4, 0.5) is 0 Å². The smallest absolute Gasteiger partial charge is 0.326 e. The van der Waals surface area contributed by atoms with Crippen LogP contribution in [0.2, 0.25) is 0 Å². The van der Waals surface area contributed by atoms with Gasteiger partial charge in [0.25, 0.3) is 5.56 Å². The Morgan fingerprint density at radius 2 is 2.00 bits per heavy atom. The highest BCUT2D eigenvalue weighted by molar-refractivity contribution is 5.84. The van der Waals surface area contributed by atoms with Gasteiger partial charge in [-0.15, -0.1) is 0 Å². The van der Waals surface area contributed by atoms with Crippen molar-refractivity contribution in [2.24, 2.45) is 0 Å². The third-order valence-electron chi connectivity index (χ3n) is 2.22. The minimum absolute atomic E-state index is 0.0689. The SMILES string of the molecule is O=C(Cc1cc(=O)[nH]c(=O)[nH]1)N[C@@H](CCO)C(=O)O. The summed E-state index contributed by atoms with van der Waals surface area (Å²) in [6, 6.07) is -0.186. The summed E-state index contributed by atoms with van der Waals surface area (Å²) in [6.07, 6.45) is -0.471. The predicted octanol–water partition coefficient (Wildman–Crippen LogP) is -2.44. The van der Waals surface area contributed by atoms with E-state index in [1.165, 1.54) is 0 Å². The first-order valence-corrected chi connectivity index (χ1v) is 5.38. The Hall–Kier alpha value is -2.42. The molecule has 19 heavy (non-hydrogen) atoms. The molecule has 1 aromatic heterocycles. The molecule has 1 rings (SSSR count). The maximum absolute atomic E-state index is 11.5. The van der Waals surface area contributed by atoms with Crippen molar-refractivity contribution in [2.75, 3.05) is 6.61 Å². The van der Waals surface area contributed by atoms with Crippen LogP contribution in [-0.2, 0) is 16.0 Å². The van der Waals surface area contributed by atoms with Crippen molar-refractivity contribution in [3.8, 4) is 0 Å². The van der Waals surface area contributed by atoms with E-state index in [0.29, 0.717) is 0 Å². The first kappa shape index (κ1) is 14.6. The van der Waals surface area contributed by atoms with Crippen LogP contribution in [0, 0.1) is 0 Å². The largest absolute Gasteiger partial charge is 0.480 e. The van der Waals surface area contributed by atoms with E-state index in [4.69, 9.17) is 10.2 Å². The van der Waals surface area contributed by atoms with Crippen LogP contribution in [0.1, 0.15) is 12.1 Å². The first-order chi connectivity index (χ1) is 8.92. The minimum Gasteiger partial charge on any atom is -0.480 e. The molecule has 0 aromatic carbocycles. The third kappa shape index (κ3) is 4.76. The molecule has 0 aliphatic heterocycles. The Morgan fingerprint density at radius 3 is 2.53 bits per heavy atom. The second-order valence-electron chi connectivity index (χ2n) is 3.76. The number of carbonyl (C=O) groups is 2. The molecule has 104 valence electrons. The van der Waals surface area contributed by atoms with Crippen molar-refractivity contribution in [1.29, 1.82) is 0 Å². The molecular formula is C10H13N3O6. The number of aliphatic carboxylic acids is 1. The summed E-state index contributed by atoms with van der Waals surface area (Å²) in [4.78, 5) is 48.4. The highest BCUT2D eigenvalue weighted by Gasteiger charge is 2.19. The van der Waals surface area contributed by atoms with Gasteiger partial charge in [-0.1, -0.05) is 0 Å². The monoisotopic (exact) mass is 271 g/mol. The van der Waals surface area contributed by atoms with Gasteiger partial charge in [0.1, 0.15) is 6.04 Å². The number of hydrogen-bond acceptors (Lipinski definition) is 5. The minimum atomic E-state index is -1.28. The van der Waals surface area contributed by atoms with Crippen molar-refractivity contribution in [2.45, 2.75) is 18.9 Å². The molecular weight excluding hydrogens is 258 g/mol. The van der Waals surface area contributed by atoms with Gasteiger partial charge in [-0.05, 0) is 0 Å². The average molecular weight is 271 g/mol. The van der Waals surface area contributed by atoms with E-state index in [-0.39, 0.29) is 25.1 Å². The van der Waals surface area contributed by atoms with Gasteiger partial charge in [0.2, 0.25) is 5.91 Å². The van der Waals surface area contributed by atoms with Crippen LogP contribution in [0.25, 0.3) is 0 Å². The molecule has 5 N–H and O–H groups in total. The van der Waals surface area contributed by atoms with E-state index >= 15 is 0 Å². The number of aliphatic hydroxyl groups is 1. The van der Waals surface area contributed by atoms with Gasteiger partial charge in [0.15, 0.2) is 0 Å². The molecule has 0 saturated heterocycles. The van der Waals surface area contributed by atoms with Crippen molar-refractivity contribution < 1.29 is 19.8 Å². The van der Waals surface area contributed by atoms with E-state index in [1.807, 2.05) is 4.98 Å². The van der Waals surface area contributed by atoms with Crippen LogP contribution in [-0.4, -0.2) is 44.7 Å². The highest BCUT2D eigenvalue weighted by atomic mass is 16.4. The van der Waals surface area contributed by atoms with Gasteiger partial charge in [0, 0.05) is 24.8 Å². The lowest BCUT2D eigenvalue weighted by Gasteiger charge is -2.12. The Kier molecular flexibility index (Phi) is 5.01. The molecule has 9 heteroatoms. The van der Waals surface area contributed by atoms with Gasteiger partial charge in [-0.3, -0.25) is 14.6 Å². The molecule has 1 aromatic rings. The lowest BCUT2D eigenvalue weighted by atomic mass is 10.2. The van der Waals surface area contributed by atoms with Crippen molar-refractivity contribution >= 4 is 11.9 Å². The summed E-state index contributed by atoms with van der Waals surface area (Å²) in [5.74, 6) is -1.95. The molecule has 0 unspecified atom stereocenters. The number of aliphatic hydroxyl groups excluding tert-OH is 1. The van der Waals surface area contributed by atoms with Crippen molar-refractivity contribution in [3.05, 3.63) is 32.6 Å².